The molecule has 2 aromatic rings. The molecule has 0 fully saturated rings. The molecule has 0 radical (unpaired) electrons. The topological polar surface area (TPSA) is 38.7 Å². The fraction of sp³-hybridized carbons (Fsp3) is 0.250. The largest absolute Gasteiger partial charge is 0.493 e. The van der Waals surface area contributed by atoms with Crippen molar-refractivity contribution in [3.8, 4) is 11.5 Å². The zero-order chi connectivity index (χ0) is 13.1. The van der Waals surface area contributed by atoms with Gasteiger partial charge in [0.2, 0.25) is 0 Å². The zero-order valence-corrected chi connectivity index (χ0v) is 10.6. The number of hydrogen-bond donors (Lipinski definition) is 1. The molecule has 19 heavy (non-hydrogen) atoms. The first-order chi connectivity index (χ1) is 9.36. The van der Waals surface area contributed by atoms with E-state index >= 15 is 0 Å². The molecule has 3 heteroatoms. The molecule has 0 aromatic heterocycles. The molecule has 1 N–H and O–H groups in total. The van der Waals surface area contributed by atoms with Crippen molar-refractivity contribution in [1.29, 1.82) is 0 Å². The first kappa shape index (κ1) is 12.1. The second-order valence-electron chi connectivity index (χ2n) is 4.59. The monoisotopic (exact) mass is 256 g/mol. The van der Waals surface area contributed by atoms with Gasteiger partial charge in [-0.25, -0.2) is 0 Å². The third-order valence-electron chi connectivity index (χ3n) is 3.30. The Balaban J connectivity index is 1.78. The maximum atomic E-state index is 9.40. The molecule has 1 aliphatic heterocycles. The fourth-order valence-corrected chi connectivity index (χ4v) is 2.32. The quantitative estimate of drug-likeness (QED) is 0.914. The summed E-state index contributed by atoms with van der Waals surface area (Å²) in [6.07, 6.45) is 0.865. The number of rotatable bonds is 4. The minimum atomic E-state index is 0.0221. The van der Waals surface area contributed by atoms with Gasteiger partial charge in [-0.15, -0.1) is 0 Å². The van der Waals surface area contributed by atoms with E-state index in [1.165, 1.54) is 0 Å². The number of fused-ring (bicyclic) bond motifs is 1. The van der Waals surface area contributed by atoms with E-state index in [9.17, 15) is 5.11 Å². The Bertz CT molecular complexity index is 564. The van der Waals surface area contributed by atoms with Crippen LogP contribution in [-0.2, 0) is 19.6 Å². The molecule has 0 spiro atoms. The summed E-state index contributed by atoms with van der Waals surface area (Å²) in [5, 5.41) is 9.40. The molecular weight excluding hydrogens is 240 g/mol. The molecule has 0 unspecified atom stereocenters. The van der Waals surface area contributed by atoms with Crippen LogP contribution in [0, 0.1) is 0 Å². The summed E-state index contributed by atoms with van der Waals surface area (Å²) < 4.78 is 11.3. The molecule has 0 saturated carbocycles. The van der Waals surface area contributed by atoms with E-state index in [1.54, 1.807) is 0 Å². The van der Waals surface area contributed by atoms with Gasteiger partial charge in [-0.2, -0.15) is 0 Å². The molecule has 1 heterocycles. The van der Waals surface area contributed by atoms with Crippen LogP contribution in [0.2, 0.25) is 0 Å². The van der Waals surface area contributed by atoms with Crippen LogP contribution in [0.5, 0.6) is 11.5 Å². The summed E-state index contributed by atoms with van der Waals surface area (Å²) >= 11 is 0. The third-order valence-corrected chi connectivity index (χ3v) is 3.30. The van der Waals surface area contributed by atoms with Crippen LogP contribution in [-0.4, -0.2) is 11.7 Å². The average Bonchev–Trinajstić information content (AvgIpc) is 2.93. The lowest BCUT2D eigenvalue weighted by Gasteiger charge is -2.11. The van der Waals surface area contributed by atoms with E-state index in [4.69, 9.17) is 9.47 Å². The van der Waals surface area contributed by atoms with E-state index in [0.717, 1.165) is 34.6 Å². The minimum Gasteiger partial charge on any atom is -0.493 e. The first-order valence-corrected chi connectivity index (χ1v) is 6.43. The normalized spacial score (nSPS) is 12.9. The molecule has 0 saturated heterocycles. The van der Waals surface area contributed by atoms with Gasteiger partial charge in [0.25, 0.3) is 0 Å². The van der Waals surface area contributed by atoms with Crippen LogP contribution < -0.4 is 9.47 Å². The van der Waals surface area contributed by atoms with Crippen molar-refractivity contribution in [2.24, 2.45) is 0 Å². The molecule has 1 aliphatic rings. The highest BCUT2D eigenvalue weighted by atomic mass is 16.5. The number of aliphatic hydroxyl groups is 1. The minimum absolute atomic E-state index is 0.0221. The lowest BCUT2D eigenvalue weighted by molar-refractivity contribution is 0.276. The SMILES string of the molecule is OCc1cc(OCc2ccccc2)cc2c1CCO2. The Morgan fingerprint density at radius 1 is 1.16 bits per heavy atom. The molecule has 3 rings (SSSR count). The molecule has 0 amide bonds. The Kier molecular flexibility index (Phi) is 3.38. The summed E-state index contributed by atoms with van der Waals surface area (Å²) in [5.41, 5.74) is 3.13. The van der Waals surface area contributed by atoms with Crippen LogP contribution in [0.25, 0.3) is 0 Å². The fourth-order valence-electron chi connectivity index (χ4n) is 2.32. The second kappa shape index (κ2) is 5.33. The van der Waals surface area contributed by atoms with Gasteiger partial charge in [0, 0.05) is 18.1 Å². The maximum Gasteiger partial charge on any atom is 0.126 e. The average molecular weight is 256 g/mol. The number of ether oxygens (including phenoxy) is 2. The molecule has 0 atom stereocenters. The molecule has 0 bridgehead atoms. The summed E-state index contributed by atoms with van der Waals surface area (Å²) in [5.74, 6) is 1.59. The summed E-state index contributed by atoms with van der Waals surface area (Å²) in [7, 11) is 0. The van der Waals surface area contributed by atoms with Gasteiger partial charge in [0.1, 0.15) is 18.1 Å². The summed E-state index contributed by atoms with van der Waals surface area (Å²) in [6.45, 7) is 1.23. The van der Waals surface area contributed by atoms with Gasteiger partial charge in [-0.1, -0.05) is 30.3 Å². The van der Waals surface area contributed by atoms with Crippen molar-refractivity contribution < 1.29 is 14.6 Å². The highest BCUT2D eigenvalue weighted by Crippen LogP contribution is 2.33. The molecule has 0 aliphatic carbocycles. The van der Waals surface area contributed by atoms with Gasteiger partial charge >= 0.3 is 0 Å². The van der Waals surface area contributed by atoms with E-state index in [2.05, 4.69) is 0 Å². The lowest BCUT2D eigenvalue weighted by atomic mass is 10.1. The van der Waals surface area contributed by atoms with Gasteiger partial charge in [0.15, 0.2) is 0 Å². The van der Waals surface area contributed by atoms with Gasteiger partial charge in [0.05, 0.1) is 13.2 Å². The summed E-state index contributed by atoms with van der Waals surface area (Å²) in [4.78, 5) is 0. The molecule has 2 aromatic carbocycles. The van der Waals surface area contributed by atoms with Gasteiger partial charge < -0.3 is 14.6 Å². The molecule has 3 nitrogen and oxygen atoms in total. The second-order valence-corrected chi connectivity index (χ2v) is 4.59. The summed E-state index contributed by atoms with van der Waals surface area (Å²) in [6, 6.07) is 13.8. The van der Waals surface area contributed by atoms with Crippen LogP contribution in [0.3, 0.4) is 0 Å². The zero-order valence-electron chi connectivity index (χ0n) is 10.6. The van der Waals surface area contributed by atoms with Crippen LogP contribution in [0.1, 0.15) is 16.7 Å². The van der Waals surface area contributed by atoms with Crippen molar-refractivity contribution in [2.75, 3.05) is 6.61 Å². The number of benzene rings is 2. The first-order valence-electron chi connectivity index (χ1n) is 6.43. The van der Waals surface area contributed by atoms with Crippen molar-refractivity contribution in [2.45, 2.75) is 19.6 Å². The van der Waals surface area contributed by atoms with E-state index in [0.29, 0.717) is 13.2 Å². The molecule has 98 valence electrons. The van der Waals surface area contributed by atoms with Crippen molar-refractivity contribution in [3.05, 3.63) is 59.2 Å². The Hall–Kier alpha value is -2.00. The Morgan fingerprint density at radius 2 is 2.00 bits per heavy atom. The lowest BCUT2D eigenvalue weighted by Crippen LogP contribution is -1.97. The van der Waals surface area contributed by atoms with Crippen molar-refractivity contribution >= 4 is 0 Å². The van der Waals surface area contributed by atoms with Crippen molar-refractivity contribution in [3.63, 3.8) is 0 Å². The van der Waals surface area contributed by atoms with Gasteiger partial charge in [-0.3, -0.25) is 0 Å². The number of aliphatic hydroxyl groups excluding tert-OH is 1. The maximum absolute atomic E-state index is 9.40. The number of hydrogen-bond acceptors (Lipinski definition) is 3. The Morgan fingerprint density at radius 3 is 2.79 bits per heavy atom. The standard InChI is InChI=1S/C16H16O3/c17-10-13-8-14(9-16-15(13)6-7-18-16)19-11-12-4-2-1-3-5-12/h1-5,8-9,17H,6-7,10-11H2. The molecular formula is C16H16O3. The highest BCUT2D eigenvalue weighted by molar-refractivity contribution is 5.48. The van der Waals surface area contributed by atoms with E-state index < -0.39 is 0 Å². The smallest absolute Gasteiger partial charge is 0.126 e. The van der Waals surface area contributed by atoms with Crippen LogP contribution >= 0.6 is 0 Å². The Labute approximate surface area is 112 Å². The predicted octanol–water partition coefficient (Wildman–Crippen LogP) is 2.69. The predicted molar refractivity (Wildman–Crippen MR) is 72.3 cm³/mol. The van der Waals surface area contributed by atoms with E-state index in [1.807, 2.05) is 42.5 Å². The van der Waals surface area contributed by atoms with Gasteiger partial charge in [-0.05, 0) is 17.2 Å². The highest BCUT2D eigenvalue weighted by Gasteiger charge is 2.17. The third kappa shape index (κ3) is 2.56. The van der Waals surface area contributed by atoms with Crippen LogP contribution in [0.15, 0.2) is 42.5 Å². The van der Waals surface area contributed by atoms with E-state index in [-0.39, 0.29) is 6.61 Å². The van der Waals surface area contributed by atoms with Crippen molar-refractivity contribution in [1.82, 2.24) is 0 Å². The van der Waals surface area contributed by atoms with Crippen LogP contribution in [0.4, 0.5) is 0 Å².